The van der Waals surface area contributed by atoms with Gasteiger partial charge in [-0.15, -0.1) is 0 Å². The lowest BCUT2D eigenvalue weighted by Gasteiger charge is -2.05. The number of nitrogens with one attached hydrogen (secondary N) is 1. The van der Waals surface area contributed by atoms with Gasteiger partial charge in [-0.3, -0.25) is 4.98 Å². The van der Waals surface area contributed by atoms with E-state index >= 15 is 0 Å². The van der Waals surface area contributed by atoms with Crippen molar-refractivity contribution in [2.75, 3.05) is 20.3 Å². The highest BCUT2D eigenvalue weighted by atomic mass is 16.5. The standard InChI is InChI=1S/C15H21N3O/c1-13-4-3-6-17-15(13)12-18-8-5-14(11-18)10-16-7-9-19-2/h3-6,8,11,16H,7,9-10,12H2,1-2H3. The second-order valence-electron chi connectivity index (χ2n) is 4.63. The van der Waals surface area contributed by atoms with Gasteiger partial charge in [-0.1, -0.05) is 6.07 Å². The van der Waals surface area contributed by atoms with Crippen LogP contribution in [-0.2, 0) is 17.8 Å². The number of ether oxygens (including phenoxy) is 1. The molecule has 0 aliphatic carbocycles. The summed E-state index contributed by atoms with van der Waals surface area (Å²) in [4.78, 5) is 4.42. The van der Waals surface area contributed by atoms with Crippen LogP contribution in [0.1, 0.15) is 16.8 Å². The van der Waals surface area contributed by atoms with Crippen molar-refractivity contribution in [3.63, 3.8) is 0 Å². The Hall–Kier alpha value is -1.65. The van der Waals surface area contributed by atoms with Crippen molar-refractivity contribution in [1.29, 1.82) is 0 Å². The predicted molar refractivity (Wildman–Crippen MR) is 76.1 cm³/mol. The molecule has 0 radical (unpaired) electrons. The van der Waals surface area contributed by atoms with Crippen LogP contribution in [0.25, 0.3) is 0 Å². The molecule has 0 atom stereocenters. The van der Waals surface area contributed by atoms with E-state index in [0.29, 0.717) is 0 Å². The van der Waals surface area contributed by atoms with E-state index in [0.717, 1.165) is 31.9 Å². The molecule has 0 saturated carbocycles. The van der Waals surface area contributed by atoms with Gasteiger partial charge in [0.2, 0.25) is 0 Å². The van der Waals surface area contributed by atoms with Crippen molar-refractivity contribution in [2.45, 2.75) is 20.0 Å². The van der Waals surface area contributed by atoms with Crippen LogP contribution in [-0.4, -0.2) is 29.8 Å². The maximum atomic E-state index is 5.00. The van der Waals surface area contributed by atoms with E-state index in [2.05, 4.69) is 46.3 Å². The fourth-order valence-corrected chi connectivity index (χ4v) is 1.96. The summed E-state index contributed by atoms with van der Waals surface area (Å²) in [5.41, 5.74) is 3.64. The summed E-state index contributed by atoms with van der Waals surface area (Å²) in [7, 11) is 1.72. The van der Waals surface area contributed by atoms with Crippen molar-refractivity contribution in [3.8, 4) is 0 Å². The molecule has 2 aromatic heterocycles. The summed E-state index contributed by atoms with van der Waals surface area (Å²) >= 11 is 0. The molecule has 0 aliphatic rings. The van der Waals surface area contributed by atoms with Crippen molar-refractivity contribution >= 4 is 0 Å². The van der Waals surface area contributed by atoms with Gasteiger partial charge in [0.1, 0.15) is 0 Å². The Labute approximate surface area is 114 Å². The first-order chi connectivity index (χ1) is 9.29. The summed E-state index contributed by atoms with van der Waals surface area (Å²) < 4.78 is 7.17. The smallest absolute Gasteiger partial charge is 0.0645 e. The fraction of sp³-hybridized carbons (Fsp3) is 0.400. The summed E-state index contributed by atoms with van der Waals surface area (Å²) in [5, 5.41) is 3.34. The van der Waals surface area contributed by atoms with Crippen molar-refractivity contribution in [3.05, 3.63) is 53.6 Å². The highest BCUT2D eigenvalue weighted by Crippen LogP contribution is 2.08. The number of nitrogens with zero attached hydrogens (tertiary/aromatic N) is 2. The van der Waals surface area contributed by atoms with E-state index in [1.165, 1.54) is 11.1 Å². The highest BCUT2D eigenvalue weighted by molar-refractivity contribution is 5.19. The van der Waals surface area contributed by atoms with Crippen LogP contribution in [0.5, 0.6) is 0 Å². The Balaban J connectivity index is 1.89. The molecule has 0 fully saturated rings. The molecule has 0 aromatic carbocycles. The summed E-state index contributed by atoms with van der Waals surface area (Å²) in [6.07, 6.45) is 6.11. The summed E-state index contributed by atoms with van der Waals surface area (Å²) in [6.45, 7) is 5.41. The van der Waals surface area contributed by atoms with Crippen LogP contribution in [0.2, 0.25) is 0 Å². The van der Waals surface area contributed by atoms with Gasteiger partial charge in [0.05, 0.1) is 18.8 Å². The molecule has 102 valence electrons. The molecule has 0 bridgehead atoms. The van der Waals surface area contributed by atoms with Crippen molar-refractivity contribution in [2.24, 2.45) is 0 Å². The first-order valence-electron chi connectivity index (χ1n) is 6.54. The Morgan fingerprint density at radius 1 is 1.37 bits per heavy atom. The molecular formula is C15H21N3O. The van der Waals surface area contributed by atoms with E-state index in [9.17, 15) is 0 Å². The minimum Gasteiger partial charge on any atom is -0.383 e. The number of aryl methyl sites for hydroxylation is 1. The molecule has 4 nitrogen and oxygen atoms in total. The van der Waals surface area contributed by atoms with Crippen LogP contribution in [0.15, 0.2) is 36.8 Å². The molecule has 0 spiro atoms. The van der Waals surface area contributed by atoms with Crippen LogP contribution >= 0.6 is 0 Å². The third-order valence-electron chi connectivity index (χ3n) is 3.07. The van der Waals surface area contributed by atoms with E-state index in [1.807, 2.05) is 12.3 Å². The highest BCUT2D eigenvalue weighted by Gasteiger charge is 2.01. The normalized spacial score (nSPS) is 10.8. The molecule has 0 amide bonds. The Bertz CT molecular complexity index is 508. The minimum absolute atomic E-state index is 0.744. The number of aromatic nitrogens is 2. The van der Waals surface area contributed by atoms with E-state index in [-0.39, 0.29) is 0 Å². The number of hydrogen-bond donors (Lipinski definition) is 1. The molecule has 1 N–H and O–H groups in total. The molecule has 4 heteroatoms. The topological polar surface area (TPSA) is 39.1 Å². The Kier molecular flexibility index (Phi) is 5.12. The SMILES string of the molecule is COCCNCc1ccn(Cc2ncccc2C)c1. The second kappa shape index (κ2) is 7.07. The lowest BCUT2D eigenvalue weighted by Crippen LogP contribution is -2.18. The summed E-state index contributed by atoms with van der Waals surface area (Å²) in [6, 6.07) is 6.21. The number of rotatable bonds is 7. The molecule has 19 heavy (non-hydrogen) atoms. The predicted octanol–water partition coefficient (Wildman–Crippen LogP) is 1.98. The zero-order valence-electron chi connectivity index (χ0n) is 11.6. The van der Waals surface area contributed by atoms with Gasteiger partial charge in [0.25, 0.3) is 0 Å². The molecule has 0 unspecified atom stereocenters. The third-order valence-corrected chi connectivity index (χ3v) is 3.07. The van der Waals surface area contributed by atoms with E-state index in [1.54, 1.807) is 7.11 Å². The van der Waals surface area contributed by atoms with Gasteiger partial charge in [-0.05, 0) is 30.2 Å². The van der Waals surface area contributed by atoms with Crippen molar-refractivity contribution < 1.29 is 4.74 Å². The molecule has 2 heterocycles. The maximum absolute atomic E-state index is 5.00. The van der Waals surface area contributed by atoms with E-state index in [4.69, 9.17) is 4.74 Å². The van der Waals surface area contributed by atoms with Crippen LogP contribution in [0.3, 0.4) is 0 Å². The van der Waals surface area contributed by atoms with Crippen LogP contribution in [0, 0.1) is 6.92 Å². The van der Waals surface area contributed by atoms with E-state index < -0.39 is 0 Å². The average molecular weight is 259 g/mol. The summed E-state index contributed by atoms with van der Waals surface area (Å²) in [5.74, 6) is 0. The fourth-order valence-electron chi connectivity index (χ4n) is 1.96. The molecule has 2 aromatic rings. The van der Waals surface area contributed by atoms with Gasteiger partial charge in [-0.25, -0.2) is 0 Å². The van der Waals surface area contributed by atoms with Gasteiger partial charge < -0.3 is 14.6 Å². The lowest BCUT2D eigenvalue weighted by atomic mass is 10.2. The van der Waals surface area contributed by atoms with Gasteiger partial charge >= 0.3 is 0 Å². The van der Waals surface area contributed by atoms with Gasteiger partial charge in [0.15, 0.2) is 0 Å². The monoisotopic (exact) mass is 259 g/mol. The number of hydrogen-bond acceptors (Lipinski definition) is 3. The Morgan fingerprint density at radius 2 is 2.26 bits per heavy atom. The first-order valence-corrected chi connectivity index (χ1v) is 6.54. The Morgan fingerprint density at radius 3 is 3.05 bits per heavy atom. The maximum Gasteiger partial charge on any atom is 0.0645 e. The molecule has 0 aliphatic heterocycles. The quantitative estimate of drug-likeness (QED) is 0.773. The number of pyridine rings is 1. The lowest BCUT2D eigenvalue weighted by molar-refractivity contribution is 0.199. The molecular weight excluding hydrogens is 238 g/mol. The zero-order valence-corrected chi connectivity index (χ0v) is 11.6. The van der Waals surface area contributed by atoms with Crippen molar-refractivity contribution in [1.82, 2.24) is 14.9 Å². The van der Waals surface area contributed by atoms with Gasteiger partial charge in [0, 0.05) is 38.8 Å². The second-order valence-corrected chi connectivity index (χ2v) is 4.63. The largest absolute Gasteiger partial charge is 0.383 e. The zero-order chi connectivity index (χ0) is 13.5. The molecule has 0 saturated heterocycles. The molecule has 2 rings (SSSR count). The van der Waals surface area contributed by atoms with Crippen LogP contribution in [0.4, 0.5) is 0 Å². The number of methoxy groups -OCH3 is 1. The first kappa shape index (κ1) is 13.8. The van der Waals surface area contributed by atoms with Crippen LogP contribution < -0.4 is 5.32 Å². The third kappa shape index (κ3) is 4.19. The minimum atomic E-state index is 0.744. The van der Waals surface area contributed by atoms with Gasteiger partial charge in [-0.2, -0.15) is 0 Å². The average Bonchev–Trinajstić information content (AvgIpc) is 2.85.